The van der Waals surface area contributed by atoms with Crippen molar-refractivity contribution in [1.29, 1.82) is 0 Å². The summed E-state index contributed by atoms with van der Waals surface area (Å²) in [5.41, 5.74) is -0.638. The second kappa shape index (κ2) is 9.26. The van der Waals surface area contributed by atoms with Crippen LogP contribution in [0.1, 0.15) is 71.7 Å². The Morgan fingerprint density at radius 1 is 0.914 bits per heavy atom. The maximum atomic E-state index is 13.6. The van der Waals surface area contributed by atoms with E-state index in [1.165, 1.54) is 19.1 Å². The van der Waals surface area contributed by atoms with E-state index in [0.29, 0.717) is 24.1 Å². The van der Waals surface area contributed by atoms with Gasteiger partial charge in [0, 0.05) is 23.7 Å². The summed E-state index contributed by atoms with van der Waals surface area (Å²) >= 11 is 0. The van der Waals surface area contributed by atoms with Crippen LogP contribution in [0.4, 0.5) is 30.7 Å². The van der Waals surface area contributed by atoms with Gasteiger partial charge in [0.05, 0.1) is 23.3 Å². The van der Waals surface area contributed by atoms with Gasteiger partial charge in [-0.15, -0.1) is 0 Å². The maximum absolute atomic E-state index is 13.6. The van der Waals surface area contributed by atoms with Crippen molar-refractivity contribution in [3.63, 3.8) is 0 Å². The average molecular weight is 497 g/mol. The van der Waals surface area contributed by atoms with Crippen LogP contribution in [0.3, 0.4) is 0 Å². The molecule has 0 N–H and O–H groups in total. The molecule has 0 spiro atoms. The van der Waals surface area contributed by atoms with Crippen molar-refractivity contribution in [2.24, 2.45) is 0 Å². The fourth-order valence-electron chi connectivity index (χ4n) is 4.65. The summed E-state index contributed by atoms with van der Waals surface area (Å²) in [5.74, 6) is -0.919. The fourth-order valence-corrected chi connectivity index (χ4v) is 4.65. The molecule has 0 radical (unpaired) electrons. The van der Waals surface area contributed by atoms with Crippen molar-refractivity contribution < 1.29 is 35.5 Å². The Kier molecular flexibility index (Phi) is 6.66. The molecule has 0 amide bonds. The summed E-state index contributed by atoms with van der Waals surface area (Å²) in [6, 6.07) is 10.9. The molecule has 0 bridgehead atoms. The number of hydrogen-bond donors (Lipinski definition) is 0. The predicted molar refractivity (Wildman–Crippen MR) is 115 cm³/mol. The normalized spacial score (nSPS) is 21.5. The van der Waals surface area contributed by atoms with Gasteiger partial charge in [0.1, 0.15) is 5.82 Å². The van der Waals surface area contributed by atoms with Crippen LogP contribution in [0.5, 0.6) is 0 Å². The van der Waals surface area contributed by atoms with Gasteiger partial charge in [0.15, 0.2) is 0 Å². The minimum absolute atomic E-state index is 0.0626. The van der Waals surface area contributed by atoms with E-state index in [1.54, 1.807) is 24.4 Å². The van der Waals surface area contributed by atoms with Crippen molar-refractivity contribution in [1.82, 2.24) is 4.98 Å². The molecule has 4 atom stereocenters. The van der Waals surface area contributed by atoms with E-state index in [2.05, 4.69) is 4.98 Å². The number of benzene rings is 2. The summed E-state index contributed by atoms with van der Waals surface area (Å²) in [5, 5.41) is 0. The lowest BCUT2D eigenvalue weighted by molar-refractivity contribution is -0.143. The molecule has 1 aliphatic rings. The first kappa shape index (κ1) is 25.2. The molecule has 1 aromatic heterocycles. The van der Waals surface area contributed by atoms with Crippen LogP contribution in [-0.4, -0.2) is 11.1 Å². The number of ether oxygens (including phenoxy) is 1. The molecule has 2 nitrogen and oxygen atoms in total. The first-order chi connectivity index (χ1) is 16.3. The van der Waals surface area contributed by atoms with Gasteiger partial charge in [-0.3, -0.25) is 4.98 Å². The minimum Gasteiger partial charge on any atom is -0.370 e. The van der Waals surface area contributed by atoms with Crippen molar-refractivity contribution in [2.45, 2.75) is 56.7 Å². The lowest BCUT2D eigenvalue weighted by atomic mass is 9.75. The van der Waals surface area contributed by atoms with E-state index in [9.17, 15) is 30.7 Å². The summed E-state index contributed by atoms with van der Waals surface area (Å²) in [6.45, 7) is 3.36. The third kappa shape index (κ3) is 5.34. The van der Waals surface area contributed by atoms with Crippen LogP contribution in [0.15, 0.2) is 60.8 Å². The number of pyridine rings is 1. The molecule has 1 aliphatic carbocycles. The Hall–Kier alpha value is -2.94. The topological polar surface area (TPSA) is 22.1 Å². The third-order valence-electron chi connectivity index (χ3n) is 6.32. The molecule has 0 fully saturated rings. The SMILES string of the molecule is C[C@@H]1C[C@H](O[C@H](C)c2cc(C(F)(F)F)cc(C(F)(F)F)c2)[C@@H](c2ccc(F)cc2)c2cccnc21. The molecule has 35 heavy (non-hydrogen) atoms. The van der Waals surface area contributed by atoms with E-state index in [-0.39, 0.29) is 17.5 Å². The lowest BCUT2D eigenvalue weighted by Gasteiger charge is -2.38. The molecule has 0 saturated carbocycles. The van der Waals surface area contributed by atoms with Crippen LogP contribution >= 0.6 is 0 Å². The second-order valence-electron chi connectivity index (χ2n) is 8.80. The minimum atomic E-state index is -4.95. The Morgan fingerprint density at radius 2 is 1.51 bits per heavy atom. The Balaban J connectivity index is 1.73. The van der Waals surface area contributed by atoms with Crippen LogP contribution in [0.2, 0.25) is 0 Å². The van der Waals surface area contributed by atoms with Gasteiger partial charge < -0.3 is 4.74 Å². The number of hydrogen-bond acceptors (Lipinski definition) is 2. The number of fused-ring (bicyclic) bond motifs is 1. The van der Waals surface area contributed by atoms with Crippen LogP contribution < -0.4 is 0 Å². The molecule has 186 valence electrons. The van der Waals surface area contributed by atoms with E-state index in [0.717, 1.165) is 11.3 Å². The molecule has 9 heteroatoms. The number of aromatic nitrogens is 1. The summed E-state index contributed by atoms with van der Waals surface area (Å²) < 4.78 is 99.8. The molecule has 4 rings (SSSR count). The van der Waals surface area contributed by atoms with Crippen molar-refractivity contribution in [2.75, 3.05) is 0 Å². The zero-order chi connectivity index (χ0) is 25.5. The number of alkyl halides is 6. The lowest BCUT2D eigenvalue weighted by Crippen LogP contribution is -2.32. The standard InChI is InChI=1S/C26H22F7NO/c1-14-10-22(23(16-5-7-20(27)8-6-16)21-4-3-9-34-24(14)21)35-15(2)17-11-18(25(28,29)30)13-19(12-17)26(31,32)33/h3-9,11-15,22-23H,10H2,1-2H3/t14-,15-,22+,23+/m1/s1. The quantitative estimate of drug-likeness (QED) is 0.340. The molecular weight excluding hydrogens is 475 g/mol. The van der Waals surface area contributed by atoms with E-state index >= 15 is 0 Å². The highest BCUT2D eigenvalue weighted by Crippen LogP contribution is 2.45. The van der Waals surface area contributed by atoms with Gasteiger partial charge in [-0.1, -0.05) is 25.1 Å². The third-order valence-corrected chi connectivity index (χ3v) is 6.32. The van der Waals surface area contributed by atoms with Gasteiger partial charge in [0.25, 0.3) is 0 Å². The van der Waals surface area contributed by atoms with Crippen LogP contribution in [0.25, 0.3) is 0 Å². The highest BCUT2D eigenvalue weighted by molar-refractivity contribution is 5.41. The van der Waals surface area contributed by atoms with Gasteiger partial charge >= 0.3 is 12.4 Å². The maximum Gasteiger partial charge on any atom is 0.416 e. The zero-order valence-corrected chi connectivity index (χ0v) is 18.8. The smallest absolute Gasteiger partial charge is 0.370 e. The fraction of sp³-hybridized carbons (Fsp3) is 0.346. The molecule has 2 aromatic carbocycles. The Labute approximate surface area is 197 Å². The second-order valence-corrected chi connectivity index (χ2v) is 8.80. The van der Waals surface area contributed by atoms with Gasteiger partial charge in [-0.25, -0.2) is 4.39 Å². The summed E-state index contributed by atoms with van der Waals surface area (Å²) in [6.07, 6.45) is -9.47. The Bertz CT molecular complexity index is 1160. The predicted octanol–water partition coefficient (Wildman–Crippen LogP) is 8.04. The number of nitrogens with zero attached hydrogens (tertiary/aromatic N) is 1. The Morgan fingerprint density at radius 3 is 2.09 bits per heavy atom. The van der Waals surface area contributed by atoms with Crippen molar-refractivity contribution >= 4 is 0 Å². The molecule has 3 aromatic rings. The summed E-state index contributed by atoms with van der Waals surface area (Å²) in [7, 11) is 0. The molecule has 0 unspecified atom stereocenters. The monoisotopic (exact) mass is 497 g/mol. The molecule has 0 aliphatic heterocycles. The molecule has 0 saturated heterocycles. The number of rotatable bonds is 4. The van der Waals surface area contributed by atoms with E-state index in [4.69, 9.17) is 4.74 Å². The molecule has 1 heterocycles. The first-order valence-electron chi connectivity index (χ1n) is 11.0. The van der Waals surface area contributed by atoms with Crippen LogP contribution in [0, 0.1) is 5.82 Å². The van der Waals surface area contributed by atoms with E-state index in [1.807, 2.05) is 13.0 Å². The van der Waals surface area contributed by atoms with Crippen molar-refractivity contribution in [3.8, 4) is 0 Å². The van der Waals surface area contributed by atoms with E-state index < -0.39 is 47.4 Å². The number of halogens is 7. The van der Waals surface area contributed by atoms with Crippen molar-refractivity contribution in [3.05, 3.63) is 100 Å². The average Bonchev–Trinajstić information content (AvgIpc) is 2.79. The van der Waals surface area contributed by atoms with Gasteiger partial charge in [0.2, 0.25) is 0 Å². The highest BCUT2D eigenvalue weighted by atomic mass is 19.4. The van der Waals surface area contributed by atoms with Gasteiger partial charge in [-0.05, 0) is 66.4 Å². The summed E-state index contributed by atoms with van der Waals surface area (Å²) in [4.78, 5) is 4.46. The van der Waals surface area contributed by atoms with Gasteiger partial charge in [-0.2, -0.15) is 26.3 Å². The largest absolute Gasteiger partial charge is 0.416 e. The van der Waals surface area contributed by atoms with Crippen LogP contribution in [-0.2, 0) is 17.1 Å². The first-order valence-corrected chi connectivity index (χ1v) is 11.0. The molecular formula is C26H22F7NO. The highest BCUT2D eigenvalue weighted by Gasteiger charge is 2.39. The zero-order valence-electron chi connectivity index (χ0n) is 18.8.